The van der Waals surface area contributed by atoms with Gasteiger partial charge in [0.1, 0.15) is 5.75 Å². The number of ether oxygens (including phenoxy) is 1. The van der Waals surface area contributed by atoms with Crippen molar-refractivity contribution in [1.82, 2.24) is 15.3 Å². The third-order valence-electron chi connectivity index (χ3n) is 2.62. The first-order valence-corrected chi connectivity index (χ1v) is 6.26. The molecule has 2 rings (SSSR count). The molecule has 1 N–H and O–H groups in total. The van der Waals surface area contributed by atoms with Crippen molar-refractivity contribution in [2.45, 2.75) is 12.5 Å². The van der Waals surface area contributed by atoms with Gasteiger partial charge in [-0.2, -0.15) is 0 Å². The van der Waals surface area contributed by atoms with E-state index in [1.807, 2.05) is 24.7 Å². The number of nitrogens with one attached hydrogen (secondary N) is 1. The molecule has 1 atom stereocenters. The molecule has 0 amide bonds. The smallest absolute Gasteiger partial charge is 0.141 e. The number of thiazole rings is 1. The number of pyridine rings is 1. The first-order chi connectivity index (χ1) is 8.35. The van der Waals surface area contributed by atoms with Gasteiger partial charge in [0.05, 0.1) is 18.3 Å². The van der Waals surface area contributed by atoms with Crippen LogP contribution in [0.1, 0.15) is 16.6 Å². The molecule has 5 heteroatoms. The summed E-state index contributed by atoms with van der Waals surface area (Å²) in [6, 6.07) is 2.17. The average Bonchev–Trinajstić information content (AvgIpc) is 2.89. The van der Waals surface area contributed by atoms with Gasteiger partial charge in [0.15, 0.2) is 0 Å². The number of rotatable bonds is 5. The van der Waals surface area contributed by atoms with Crippen LogP contribution in [0.3, 0.4) is 0 Å². The zero-order chi connectivity index (χ0) is 12.1. The second kappa shape index (κ2) is 5.75. The lowest BCUT2D eigenvalue weighted by Gasteiger charge is -2.17. The van der Waals surface area contributed by atoms with Crippen LogP contribution in [0, 0.1) is 0 Å². The van der Waals surface area contributed by atoms with Crippen LogP contribution in [0.4, 0.5) is 0 Å². The summed E-state index contributed by atoms with van der Waals surface area (Å²) in [4.78, 5) is 8.37. The Balaban J connectivity index is 2.22. The van der Waals surface area contributed by atoms with Gasteiger partial charge in [0.25, 0.3) is 0 Å². The Bertz CT molecular complexity index is 459. The molecule has 0 fully saturated rings. The fourth-order valence-corrected chi connectivity index (χ4v) is 2.41. The van der Waals surface area contributed by atoms with Gasteiger partial charge in [-0.1, -0.05) is 0 Å². The van der Waals surface area contributed by atoms with Crippen LogP contribution >= 0.6 is 11.3 Å². The van der Waals surface area contributed by atoms with Crippen LogP contribution < -0.4 is 10.1 Å². The molecule has 0 aliphatic carbocycles. The number of methoxy groups -OCH3 is 1. The van der Waals surface area contributed by atoms with E-state index in [2.05, 4.69) is 15.3 Å². The third kappa shape index (κ3) is 2.81. The maximum Gasteiger partial charge on any atom is 0.141 e. The molecule has 2 aromatic rings. The Morgan fingerprint density at radius 1 is 1.47 bits per heavy atom. The van der Waals surface area contributed by atoms with Gasteiger partial charge >= 0.3 is 0 Å². The second-order valence-electron chi connectivity index (χ2n) is 3.59. The number of aromatic nitrogens is 2. The minimum atomic E-state index is 0.194. The van der Waals surface area contributed by atoms with Gasteiger partial charge in [-0.15, -0.1) is 11.3 Å². The highest BCUT2D eigenvalue weighted by molar-refractivity contribution is 7.09. The van der Waals surface area contributed by atoms with Gasteiger partial charge in [-0.25, -0.2) is 4.98 Å². The summed E-state index contributed by atoms with van der Waals surface area (Å²) in [6.45, 7) is 0. The van der Waals surface area contributed by atoms with Crippen molar-refractivity contribution >= 4 is 11.3 Å². The summed E-state index contributed by atoms with van der Waals surface area (Å²) >= 11 is 1.67. The molecule has 0 aliphatic heterocycles. The second-order valence-corrected chi connectivity index (χ2v) is 4.57. The van der Waals surface area contributed by atoms with E-state index in [1.165, 1.54) is 0 Å². The van der Waals surface area contributed by atoms with Gasteiger partial charge in [0, 0.05) is 35.8 Å². The normalized spacial score (nSPS) is 12.4. The number of likely N-dealkylation sites (N-methyl/N-ethyl adjacent to an activating group) is 1. The summed E-state index contributed by atoms with van der Waals surface area (Å²) in [6.07, 6.45) is 6.20. The van der Waals surface area contributed by atoms with E-state index in [9.17, 15) is 0 Å². The Kier molecular flexibility index (Phi) is 4.06. The molecule has 0 aliphatic rings. The van der Waals surface area contributed by atoms with Crippen molar-refractivity contribution in [3.63, 3.8) is 0 Å². The predicted molar refractivity (Wildman–Crippen MR) is 68.4 cm³/mol. The average molecular weight is 249 g/mol. The molecule has 0 radical (unpaired) electrons. The number of hydrogen-bond acceptors (Lipinski definition) is 5. The lowest BCUT2D eigenvalue weighted by Crippen LogP contribution is -2.19. The van der Waals surface area contributed by atoms with E-state index in [1.54, 1.807) is 30.8 Å². The lowest BCUT2D eigenvalue weighted by molar-refractivity contribution is 0.399. The van der Waals surface area contributed by atoms with E-state index >= 15 is 0 Å². The standard InChI is InChI=1S/C12H15N3OS/c1-13-10(7-12-15-5-6-17-12)9-3-4-14-8-11(9)16-2/h3-6,8,10,13H,7H2,1-2H3. The van der Waals surface area contributed by atoms with Crippen molar-refractivity contribution in [3.8, 4) is 5.75 Å². The quantitative estimate of drug-likeness (QED) is 0.881. The summed E-state index contributed by atoms with van der Waals surface area (Å²) in [5.41, 5.74) is 1.11. The Morgan fingerprint density at radius 3 is 3.00 bits per heavy atom. The molecule has 0 aromatic carbocycles. The van der Waals surface area contributed by atoms with Crippen molar-refractivity contribution in [3.05, 3.63) is 40.6 Å². The highest BCUT2D eigenvalue weighted by atomic mass is 32.1. The summed E-state index contributed by atoms with van der Waals surface area (Å²) < 4.78 is 5.33. The maximum absolute atomic E-state index is 5.33. The largest absolute Gasteiger partial charge is 0.495 e. The predicted octanol–water partition coefficient (Wildman–Crippen LogP) is 2.05. The molecule has 0 saturated carbocycles. The third-order valence-corrected chi connectivity index (χ3v) is 3.42. The van der Waals surface area contributed by atoms with Crippen molar-refractivity contribution in [2.75, 3.05) is 14.2 Å². The van der Waals surface area contributed by atoms with Gasteiger partial charge < -0.3 is 10.1 Å². The topological polar surface area (TPSA) is 47.0 Å². The molecule has 2 heterocycles. The first kappa shape index (κ1) is 12.0. The molecular formula is C12H15N3OS. The first-order valence-electron chi connectivity index (χ1n) is 5.38. The zero-order valence-electron chi connectivity index (χ0n) is 9.88. The fraction of sp³-hybridized carbons (Fsp3) is 0.333. The number of nitrogens with zero attached hydrogens (tertiary/aromatic N) is 2. The van der Waals surface area contributed by atoms with Crippen LogP contribution in [0.25, 0.3) is 0 Å². The van der Waals surface area contributed by atoms with E-state index in [0.29, 0.717) is 0 Å². The summed E-state index contributed by atoms with van der Waals surface area (Å²) in [5, 5.41) is 6.40. The van der Waals surface area contributed by atoms with E-state index in [-0.39, 0.29) is 6.04 Å². The Morgan fingerprint density at radius 2 is 2.35 bits per heavy atom. The van der Waals surface area contributed by atoms with Crippen molar-refractivity contribution in [2.24, 2.45) is 0 Å². The minimum absolute atomic E-state index is 0.194. The maximum atomic E-state index is 5.33. The molecule has 0 spiro atoms. The van der Waals surface area contributed by atoms with Crippen LogP contribution in [-0.2, 0) is 6.42 Å². The molecule has 1 unspecified atom stereocenters. The van der Waals surface area contributed by atoms with Gasteiger partial charge in [-0.05, 0) is 13.1 Å². The summed E-state index contributed by atoms with van der Waals surface area (Å²) in [7, 11) is 3.61. The zero-order valence-corrected chi connectivity index (χ0v) is 10.7. The van der Waals surface area contributed by atoms with Gasteiger partial charge in [-0.3, -0.25) is 4.98 Å². The van der Waals surface area contributed by atoms with Crippen LogP contribution in [0.2, 0.25) is 0 Å². The molecular weight excluding hydrogens is 234 g/mol. The SMILES string of the molecule is CNC(Cc1nccs1)c1ccncc1OC. The van der Waals surface area contributed by atoms with E-state index in [0.717, 1.165) is 22.7 Å². The highest BCUT2D eigenvalue weighted by Gasteiger charge is 2.15. The molecule has 0 bridgehead atoms. The molecule has 17 heavy (non-hydrogen) atoms. The fourth-order valence-electron chi connectivity index (χ4n) is 1.75. The van der Waals surface area contributed by atoms with Gasteiger partial charge in [0.2, 0.25) is 0 Å². The molecule has 90 valence electrons. The Hall–Kier alpha value is -1.46. The minimum Gasteiger partial charge on any atom is -0.495 e. The molecule has 2 aromatic heterocycles. The Labute approximate surface area is 105 Å². The lowest BCUT2D eigenvalue weighted by atomic mass is 10.0. The molecule has 0 saturated heterocycles. The van der Waals surface area contributed by atoms with Crippen molar-refractivity contribution in [1.29, 1.82) is 0 Å². The number of hydrogen-bond donors (Lipinski definition) is 1. The molecule has 4 nitrogen and oxygen atoms in total. The van der Waals surface area contributed by atoms with Crippen LogP contribution in [-0.4, -0.2) is 24.1 Å². The van der Waals surface area contributed by atoms with Crippen LogP contribution in [0.15, 0.2) is 30.0 Å². The highest BCUT2D eigenvalue weighted by Crippen LogP contribution is 2.26. The van der Waals surface area contributed by atoms with Crippen molar-refractivity contribution < 1.29 is 4.74 Å². The monoisotopic (exact) mass is 249 g/mol. The van der Waals surface area contributed by atoms with Crippen LogP contribution in [0.5, 0.6) is 5.75 Å². The summed E-state index contributed by atoms with van der Waals surface area (Å²) in [5.74, 6) is 0.809. The van der Waals surface area contributed by atoms with E-state index in [4.69, 9.17) is 4.74 Å². The van der Waals surface area contributed by atoms with E-state index < -0.39 is 0 Å².